The maximum Gasteiger partial charge on any atom is 0.227 e. The zero-order valence-corrected chi connectivity index (χ0v) is 31.6. The summed E-state index contributed by atoms with van der Waals surface area (Å²) in [6.45, 7) is 0. The molecule has 0 spiro atoms. The van der Waals surface area contributed by atoms with Crippen molar-refractivity contribution in [2.24, 2.45) is 0 Å². The number of oxazole rings is 1. The lowest BCUT2D eigenvalue weighted by atomic mass is 9.99. The lowest BCUT2D eigenvalue weighted by molar-refractivity contribution is 0.623. The molecule has 0 aliphatic rings. The van der Waals surface area contributed by atoms with Gasteiger partial charge >= 0.3 is 0 Å². The third-order valence-electron chi connectivity index (χ3n) is 11.2. The van der Waals surface area contributed by atoms with E-state index in [4.69, 9.17) is 9.40 Å². The van der Waals surface area contributed by atoms with Gasteiger partial charge in [-0.1, -0.05) is 146 Å². The maximum atomic E-state index is 6.49. The molecular weight excluding hydrogens is 705 g/mol. The molecule has 0 unspecified atom stereocenters. The minimum Gasteiger partial charge on any atom is -0.435 e. The van der Waals surface area contributed by atoms with Crippen LogP contribution in [0.25, 0.3) is 88.3 Å². The molecule has 0 radical (unpaired) electrons. The van der Waals surface area contributed by atoms with Crippen LogP contribution in [-0.4, -0.2) is 4.98 Å². The zero-order valence-electron chi connectivity index (χ0n) is 31.6. The Hall–Kier alpha value is -7.75. The Morgan fingerprint density at radius 3 is 1.50 bits per heavy atom. The summed E-state index contributed by atoms with van der Waals surface area (Å²) in [4.78, 5) is 7.25. The van der Waals surface area contributed by atoms with Gasteiger partial charge < -0.3 is 9.32 Å². The number of fused-ring (bicyclic) bond motifs is 5. The maximum absolute atomic E-state index is 6.49. The number of hydrogen-bond acceptors (Lipinski definition) is 3. The summed E-state index contributed by atoms with van der Waals surface area (Å²) in [7, 11) is 0. The average molecular weight is 741 g/mol. The predicted molar refractivity (Wildman–Crippen MR) is 243 cm³/mol. The van der Waals surface area contributed by atoms with Crippen LogP contribution in [0.1, 0.15) is 0 Å². The van der Waals surface area contributed by atoms with Crippen molar-refractivity contribution in [3.05, 3.63) is 218 Å². The van der Waals surface area contributed by atoms with Crippen LogP contribution in [0, 0.1) is 0 Å². The van der Waals surface area contributed by atoms with E-state index >= 15 is 0 Å². The Morgan fingerprint density at radius 2 is 0.793 bits per heavy atom. The van der Waals surface area contributed by atoms with Crippen LogP contribution >= 0.6 is 0 Å². The molecule has 58 heavy (non-hydrogen) atoms. The first-order chi connectivity index (χ1) is 28.7. The second-order valence-electron chi connectivity index (χ2n) is 14.8. The fourth-order valence-electron chi connectivity index (χ4n) is 8.24. The number of aromatic nitrogens is 1. The van der Waals surface area contributed by atoms with Crippen LogP contribution in [0.15, 0.2) is 223 Å². The van der Waals surface area contributed by atoms with Gasteiger partial charge in [0.2, 0.25) is 5.89 Å². The molecule has 10 aromatic carbocycles. The number of anilines is 3. The van der Waals surface area contributed by atoms with Gasteiger partial charge in [0.1, 0.15) is 5.52 Å². The van der Waals surface area contributed by atoms with Crippen LogP contribution in [0.5, 0.6) is 0 Å². The van der Waals surface area contributed by atoms with Crippen LogP contribution in [0.2, 0.25) is 0 Å². The Bertz CT molecular complexity index is 3290. The molecule has 0 saturated heterocycles. The van der Waals surface area contributed by atoms with E-state index < -0.39 is 0 Å². The molecule has 0 aliphatic carbocycles. The van der Waals surface area contributed by atoms with Gasteiger partial charge in [-0.3, -0.25) is 0 Å². The third kappa shape index (κ3) is 6.16. The number of hydrogen-bond donors (Lipinski definition) is 0. The summed E-state index contributed by atoms with van der Waals surface area (Å²) in [5.41, 5.74) is 12.9. The number of rotatable bonds is 7. The van der Waals surface area contributed by atoms with Crippen molar-refractivity contribution in [1.29, 1.82) is 0 Å². The van der Waals surface area contributed by atoms with Crippen LogP contribution in [-0.2, 0) is 0 Å². The normalized spacial score (nSPS) is 11.4. The summed E-state index contributed by atoms with van der Waals surface area (Å²) in [6, 6.07) is 77.9. The first kappa shape index (κ1) is 33.6. The van der Waals surface area contributed by atoms with E-state index in [2.05, 4.69) is 223 Å². The van der Waals surface area contributed by atoms with Gasteiger partial charge in [-0.15, -0.1) is 0 Å². The Labute approximate surface area is 336 Å². The summed E-state index contributed by atoms with van der Waals surface area (Å²) < 4.78 is 6.49. The van der Waals surface area contributed by atoms with Crippen LogP contribution in [0.3, 0.4) is 0 Å². The smallest absolute Gasteiger partial charge is 0.227 e. The zero-order chi connectivity index (χ0) is 38.4. The molecule has 3 nitrogen and oxygen atoms in total. The second kappa shape index (κ2) is 14.1. The van der Waals surface area contributed by atoms with E-state index in [1.54, 1.807) is 0 Å². The molecule has 0 amide bonds. The first-order valence-electron chi connectivity index (χ1n) is 19.7. The van der Waals surface area contributed by atoms with Gasteiger partial charge in [0, 0.05) is 28.0 Å². The summed E-state index contributed by atoms with van der Waals surface area (Å²) >= 11 is 0. The van der Waals surface area contributed by atoms with Crippen molar-refractivity contribution < 1.29 is 4.42 Å². The van der Waals surface area contributed by atoms with E-state index in [0.717, 1.165) is 55.6 Å². The van der Waals surface area contributed by atoms with E-state index in [9.17, 15) is 0 Å². The Balaban J connectivity index is 0.974. The molecule has 1 heterocycles. The molecule has 0 aliphatic heterocycles. The minimum absolute atomic E-state index is 0.631. The first-order valence-corrected chi connectivity index (χ1v) is 19.7. The molecule has 11 aromatic rings. The SMILES string of the molecule is c1ccc(-c2cccc(N(c3ccc(-c4ccc5ccccc5c4)cc3)c3cccc(-c4ccc5c(ccc6nc(-c7ccc8ccccc8c7)oc65)c4)c3)c2)cc1. The van der Waals surface area contributed by atoms with Crippen LogP contribution in [0.4, 0.5) is 17.1 Å². The molecule has 0 saturated carbocycles. The topological polar surface area (TPSA) is 29.3 Å². The van der Waals surface area contributed by atoms with Crippen LogP contribution < -0.4 is 4.90 Å². The molecule has 1 aromatic heterocycles. The molecular formula is C55H36N2O. The third-order valence-corrected chi connectivity index (χ3v) is 11.2. The molecule has 3 heteroatoms. The van der Waals surface area contributed by atoms with Gasteiger partial charge in [-0.25, -0.2) is 4.98 Å². The van der Waals surface area contributed by atoms with E-state index in [-0.39, 0.29) is 0 Å². The predicted octanol–water partition coefficient (Wildman–Crippen LogP) is 15.4. The molecule has 0 fully saturated rings. The van der Waals surface area contributed by atoms with E-state index in [1.165, 1.54) is 43.8 Å². The Morgan fingerprint density at radius 1 is 0.310 bits per heavy atom. The van der Waals surface area contributed by atoms with Gasteiger partial charge in [0.25, 0.3) is 0 Å². The van der Waals surface area contributed by atoms with Crippen molar-refractivity contribution in [2.45, 2.75) is 0 Å². The van der Waals surface area contributed by atoms with Crippen molar-refractivity contribution in [3.63, 3.8) is 0 Å². The van der Waals surface area contributed by atoms with Gasteiger partial charge in [-0.2, -0.15) is 0 Å². The highest BCUT2D eigenvalue weighted by atomic mass is 16.3. The number of benzene rings is 10. The number of nitrogens with zero attached hydrogens (tertiary/aromatic N) is 2. The minimum atomic E-state index is 0.631. The summed E-state index contributed by atoms with van der Waals surface area (Å²) in [6.07, 6.45) is 0. The summed E-state index contributed by atoms with van der Waals surface area (Å²) in [5.74, 6) is 0.631. The molecule has 11 rings (SSSR count). The Kier molecular flexibility index (Phi) is 8.15. The van der Waals surface area contributed by atoms with Gasteiger partial charge in [0.15, 0.2) is 5.58 Å². The van der Waals surface area contributed by atoms with Crippen molar-refractivity contribution >= 4 is 60.5 Å². The highest BCUT2D eigenvalue weighted by Crippen LogP contribution is 2.40. The fraction of sp³-hybridized carbons (Fsp3) is 0. The average Bonchev–Trinajstić information content (AvgIpc) is 3.75. The molecule has 272 valence electrons. The highest BCUT2D eigenvalue weighted by Gasteiger charge is 2.17. The monoisotopic (exact) mass is 740 g/mol. The van der Waals surface area contributed by atoms with Crippen molar-refractivity contribution in [3.8, 4) is 44.8 Å². The lowest BCUT2D eigenvalue weighted by Crippen LogP contribution is -2.10. The lowest BCUT2D eigenvalue weighted by Gasteiger charge is -2.27. The second-order valence-corrected chi connectivity index (χ2v) is 14.8. The fourth-order valence-corrected chi connectivity index (χ4v) is 8.24. The largest absolute Gasteiger partial charge is 0.435 e. The van der Waals surface area contributed by atoms with Gasteiger partial charge in [0.05, 0.1) is 0 Å². The van der Waals surface area contributed by atoms with Crippen molar-refractivity contribution in [1.82, 2.24) is 4.98 Å². The quantitative estimate of drug-likeness (QED) is 0.163. The van der Waals surface area contributed by atoms with E-state index in [1.807, 2.05) is 0 Å². The highest BCUT2D eigenvalue weighted by molar-refractivity contribution is 6.05. The molecule has 0 atom stereocenters. The van der Waals surface area contributed by atoms with E-state index in [0.29, 0.717) is 5.89 Å². The molecule has 0 N–H and O–H groups in total. The van der Waals surface area contributed by atoms with Crippen molar-refractivity contribution in [2.75, 3.05) is 4.90 Å². The summed E-state index contributed by atoms with van der Waals surface area (Å²) in [5, 5.41) is 7.00. The standard InChI is InChI=1S/C55H36N2O/c1-2-10-37(11-3-1)43-16-8-18-50(35-43)57(49-28-24-40(25-29-49)45-22-20-38-12-4-6-14-41(38)32-45)51-19-9-17-44(36-51)46-26-30-52-47(33-46)27-31-53-54(52)58-55(56-53)48-23-21-39-13-5-7-15-42(39)34-48/h1-36H. The van der Waals surface area contributed by atoms with Gasteiger partial charge in [-0.05, 0) is 133 Å². The molecule has 0 bridgehead atoms.